The number of hydrogen-bond acceptors (Lipinski definition) is 8. The number of aromatic nitrogens is 4. The van der Waals surface area contributed by atoms with Crippen LogP contribution in [0.5, 0.6) is 0 Å². The zero-order chi connectivity index (χ0) is 14.4. The van der Waals surface area contributed by atoms with Gasteiger partial charge in [-0.15, -0.1) is 0 Å². The van der Waals surface area contributed by atoms with Gasteiger partial charge in [0.2, 0.25) is 5.95 Å². The number of nitrogens with zero attached hydrogens (tertiary/aromatic N) is 3. The highest BCUT2D eigenvalue weighted by atomic mass is 31.1. The first kappa shape index (κ1) is 13.4. The molecule has 1 aliphatic heterocycles. The molecule has 0 aliphatic carbocycles. The van der Waals surface area contributed by atoms with Crippen molar-refractivity contribution in [3.8, 4) is 0 Å². The van der Waals surface area contributed by atoms with Crippen LogP contribution >= 0.6 is 8.51 Å². The molecule has 0 radical (unpaired) electrons. The van der Waals surface area contributed by atoms with E-state index >= 15 is 0 Å². The second kappa shape index (κ2) is 4.76. The van der Waals surface area contributed by atoms with E-state index in [0.29, 0.717) is 8.51 Å². The first-order valence-electron chi connectivity index (χ1n) is 5.76. The van der Waals surface area contributed by atoms with E-state index in [0.717, 1.165) is 0 Å². The molecule has 1 saturated heterocycles. The van der Waals surface area contributed by atoms with Gasteiger partial charge < -0.3 is 25.8 Å². The van der Waals surface area contributed by atoms with Crippen molar-refractivity contribution in [2.24, 2.45) is 0 Å². The van der Waals surface area contributed by atoms with Crippen LogP contribution in [0.4, 0.5) is 5.95 Å². The molecular weight excluding hydrogens is 289 g/mol. The SMILES string of the molecule is Nc1nc2c(npn2C2OC(CO)C(O)C2O)c(=O)[nH]1. The van der Waals surface area contributed by atoms with Crippen LogP contribution in [-0.4, -0.2) is 59.3 Å². The van der Waals surface area contributed by atoms with Gasteiger partial charge in [-0.05, 0) is 0 Å². The van der Waals surface area contributed by atoms with Gasteiger partial charge in [-0.3, -0.25) is 14.1 Å². The number of nitrogens with one attached hydrogen (secondary N) is 1. The normalized spacial score (nSPS) is 30.6. The summed E-state index contributed by atoms with van der Waals surface area (Å²) in [5, 5.41) is 28.8. The first-order valence-corrected chi connectivity index (χ1v) is 6.56. The van der Waals surface area contributed by atoms with E-state index < -0.39 is 36.7 Å². The summed E-state index contributed by atoms with van der Waals surface area (Å²) in [4.78, 5) is 17.9. The van der Waals surface area contributed by atoms with Gasteiger partial charge in [0.1, 0.15) is 26.8 Å². The Labute approximate surface area is 113 Å². The minimum absolute atomic E-state index is 0.0820. The molecule has 10 nitrogen and oxygen atoms in total. The number of H-pyrrole nitrogens is 1. The van der Waals surface area contributed by atoms with Crippen LogP contribution in [0.2, 0.25) is 0 Å². The Morgan fingerprint density at radius 2 is 2.20 bits per heavy atom. The molecule has 20 heavy (non-hydrogen) atoms. The highest BCUT2D eigenvalue weighted by molar-refractivity contribution is 7.21. The molecule has 108 valence electrons. The third kappa shape index (κ3) is 1.89. The summed E-state index contributed by atoms with van der Waals surface area (Å²) in [5.74, 6) is -0.0854. The molecule has 0 aromatic carbocycles. The van der Waals surface area contributed by atoms with Crippen LogP contribution in [0.3, 0.4) is 0 Å². The Hall–Kier alpha value is -1.58. The predicted molar refractivity (Wildman–Crippen MR) is 68.1 cm³/mol. The van der Waals surface area contributed by atoms with E-state index in [4.69, 9.17) is 15.6 Å². The second-order valence-electron chi connectivity index (χ2n) is 4.39. The number of nitrogens with two attached hydrogens (primary N) is 1. The van der Waals surface area contributed by atoms with E-state index in [2.05, 4.69) is 14.7 Å². The Morgan fingerprint density at radius 3 is 2.85 bits per heavy atom. The van der Waals surface area contributed by atoms with Crippen LogP contribution in [0, 0.1) is 0 Å². The van der Waals surface area contributed by atoms with Gasteiger partial charge in [0.05, 0.1) is 6.61 Å². The molecule has 0 saturated carbocycles. The largest absolute Gasteiger partial charge is 0.394 e. The highest BCUT2D eigenvalue weighted by Crippen LogP contribution is 2.33. The minimum Gasteiger partial charge on any atom is -0.394 e. The summed E-state index contributed by atoms with van der Waals surface area (Å²) in [6, 6.07) is 0. The van der Waals surface area contributed by atoms with Gasteiger partial charge >= 0.3 is 0 Å². The first-order chi connectivity index (χ1) is 9.52. The highest BCUT2D eigenvalue weighted by Gasteiger charge is 2.44. The monoisotopic (exact) mass is 301 g/mol. The van der Waals surface area contributed by atoms with Crippen molar-refractivity contribution in [2.75, 3.05) is 12.3 Å². The van der Waals surface area contributed by atoms with Crippen LogP contribution in [0.15, 0.2) is 4.79 Å². The van der Waals surface area contributed by atoms with Crippen molar-refractivity contribution < 1.29 is 20.1 Å². The number of nitrogen functional groups attached to an aromatic ring is 1. The molecule has 4 atom stereocenters. The Morgan fingerprint density at radius 1 is 1.45 bits per heavy atom. The molecule has 0 amide bonds. The maximum absolute atomic E-state index is 11.7. The van der Waals surface area contributed by atoms with Gasteiger partial charge in [0, 0.05) is 0 Å². The lowest BCUT2D eigenvalue weighted by molar-refractivity contribution is -0.0462. The lowest BCUT2D eigenvalue weighted by Gasteiger charge is -2.15. The molecule has 3 rings (SSSR count). The minimum atomic E-state index is -1.26. The molecule has 2 aromatic rings. The summed E-state index contributed by atoms with van der Waals surface area (Å²) >= 11 is 0. The van der Waals surface area contributed by atoms with Gasteiger partial charge in [0.25, 0.3) is 5.56 Å². The standard InChI is InChI=1S/C9H12N5O5P/c10-9-11-6-3(7(18)12-9)13-20-14(6)8-5(17)4(16)2(1-15)19-8/h2,4-5,8,15-17H,1H2,(H3,10,11,12,18). The van der Waals surface area contributed by atoms with Crippen molar-refractivity contribution in [1.82, 2.24) is 19.0 Å². The summed E-state index contributed by atoms with van der Waals surface area (Å²) in [6.07, 6.45) is -4.37. The fourth-order valence-corrected chi connectivity index (χ4v) is 2.99. The molecule has 3 heterocycles. The number of hydrogen-bond donors (Lipinski definition) is 5. The summed E-state index contributed by atoms with van der Waals surface area (Å²) in [5.41, 5.74) is 5.24. The van der Waals surface area contributed by atoms with Gasteiger partial charge in [-0.2, -0.15) is 4.98 Å². The van der Waals surface area contributed by atoms with E-state index in [1.165, 1.54) is 4.33 Å². The molecule has 1 fully saturated rings. The average Bonchev–Trinajstić information content (AvgIpc) is 2.93. The third-order valence-corrected chi connectivity index (χ3v) is 4.01. The van der Waals surface area contributed by atoms with Crippen molar-refractivity contribution in [3.05, 3.63) is 10.4 Å². The zero-order valence-electron chi connectivity index (χ0n) is 10.0. The predicted octanol–water partition coefficient (Wildman–Crippen LogP) is -2.11. The number of aliphatic hydroxyl groups excluding tert-OH is 3. The number of anilines is 1. The molecule has 1 aliphatic rings. The van der Waals surface area contributed by atoms with E-state index in [1.54, 1.807) is 0 Å². The van der Waals surface area contributed by atoms with E-state index in [1.807, 2.05) is 0 Å². The molecule has 0 spiro atoms. The number of aliphatic hydroxyl groups is 3. The number of ether oxygens (including phenoxy) is 1. The summed E-state index contributed by atoms with van der Waals surface area (Å²) < 4.78 is 10.7. The van der Waals surface area contributed by atoms with Crippen molar-refractivity contribution >= 4 is 25.6 Å². The summed E-state index contributed by atoms with van der Waals surface area (Å²) in [7, 11) is 0.313. The second-order valence-corrected chi connectivity index (χ2v) is 5.20. The Balaban J connectivity index is 2.09. The topological polar surface area (TPSA) is 160 Å². The average molecular weight is 301 g/mol. The van der Waals surface area contributed by atoms with Crippen molar-refractivity contribution in [1.29, 1.82) is 0 Å². The Bertz CT molecular complexity index is 702. The maximum Gasteiger partial charge on any atom is 0.280 e. The fourth-order valence-electron chi connectivity index (χ4n) is 2.11. The van der Waals surface area contributed by atoms with Gasteiger partial charge in [0.15, 0.2) is 17.4 Å². The van der Waals surface area contributed by atoms with Crippen LogP contribution in [-0.2, 0) is 4.74 Å². The van der Waals surface area contributed by atoms with Gasteiger partial charge in [-0.25, -0.2) is 4.75 Å². The molecule has 11 heteroatoms. The molecule has 2 aromatic heterocycles. The Kier molecular flexibility index (Phi) is 3.19. The third-order valence-electron chi connectivity index (χ3n) is 3.11. The number of aromatic amines is 1. The fraction of sp³-hybridized carbons (Fsp3) is 0.556. The summed E-state index contributed by atoms with van der Waals surface area (Å²) in [6.45, 7) is -0.436. The molecule has 0 bridgehead atoms. The van der Waals surface area contributed by atoms with E-state index in [9.17, 15) is 15.0 Å². The zero-order valence-corrected chi connectivity index (χ0v) is 10.9. The molecule has 4 unspecified atom stereocenters. The van der Waals surface area contributed by atoms with Crippen LogP contribution in [0.1, 0.15) is 6.23 Å². The lowest BCUT2D eigenvalue weighted by atomic mass is 10.1. The number of fused-ring (bicyclic) bond motifs is 1. The van der Waals surface area contributed by atoms with Gasteiger partial charge in [-0.1, -0.05) is 0 Å². The maximum atomic E-state index is 11.7. The smallest absolute Gasteiger partial charge is 0.280 e. The van der Waals surface area contributed by atoms with Crippen LogP contribution < -0.4 is 11.3 Å². The van der Waals surface area contributed by atoms with Crippen molar-refractivity contribution in [3.63, 3.8) is 0 Å². The van der Waals surface area contributed by atoms with Crippen molar-refractivity contribution in [2.45, 2.75) is 24.5 Å². The quantitative estimate of drug-likeness (QED) is 0.421. The van der Waals surface area contributed by atoms with Crippen LogP contribution in [0.25, 0.3) is 11.2 Å². The number of rotatable bonds is 2. The molecule has 6 N–H and O–H groups in total. The lowest BCUT2D eigenvalue weighted by Crippen LogP contribution is -2.33. The van der Waals surface area contributed by atoms with E-state index in [-0.39, 0.29) is 17.1 Å². The molecular formula is C9H12N5O5P.